The molecule has 0 aliphatic carbocycles. The highest BCUT2D eigenvalue weighted by atomic mass is 35.5. The fourth-order valence-corrected chi connectivity index (χ4v) is 2.45. The lowest BCUT2D eigenvalue weighted by Gasteiger charge is -2.25. The molecule has 102 valence electrons. The lowest BCUT2D eigenvalue weighted by atomic mass is 9.82. The van der Waals surface area contributed by atoms with Gasteiger partial charge in [0.2, 0.25) is 0 Å². The van der Waals surface area contributed by atoms with Crippen molar-refractivity contribution in [2.45, 2.75) is 5.92 Å². The number of nitrogens with zero attached hydrogens (tertiary/aromatic N) is 2. The summed E-state index contributed by atoms with van der Waals surface area (Å²) in [6.07, 6.45) is 1.32. The molecule has 1 unspecified atom stereocenters. The number of hydrogen-bond acceptors (Lipinski definition) is 5. The molecule has 1 aromatic carbocycles. The highest BCUT2D eigenvalue weighted by Crippen LogP contribution is 2.39. The zero-order valence-electron chi connectivity index (χ0n) is 10.5. The summed E-state index contributed by atoms with van der Waals surface area (Å²) in [7, 11) is 0. The monoisotopic (exact) mass is 288 g/mol. The van der Waals surface area contributed by atoms with E-state index in [2.05, 4.69) is 11.1 Å². The number of nitrogens with two attached hydrogens (primary N) is 2. The van der Waals surface area contributed by atoms with Crippen molar-refractivity contribution >= 4 is 17.4 Å². The van der Waals surface area contributed by atoms with E-state index in [0.717, 1.165) is 0 Å². The molecule has 1 aliphatic rings. The van der Waals surface area contributed by atoms with Crippen LogP contribution in [0.3, 0.4) is 0 Å². The van der Waals surface area contributed by atoms with E-state index in [1.54, 1.807) is 18.2 Å². The van der Waals surface area contributed by atoms with Crippen molar-refractivity contribution in [3.05, 3.63) is 57.9 Å². The number of benzene rings is 1. The molecule has 1 aliphatic heterocycles. The van der Waals surface area contributed by atoms with E-state index in [1.165, 1.54) is 6.20 Å². The number of amidine groups is 1. The summed E-state index contributed by atoms with van der Waals surface area (Å²) in [5, 5.41) is 19.2. The summed E-state index contributed by atoms with van der Waals surface area (Å²) in [6.45, 7) is -0.373. The Labute approximate surface area is 121 Å². The van der Waals surface area contributed by atoms with E-state index < -0.39 is 5.92 Å². The van der Waals surface area contributed by atoms with Gasteiger partial charge >= 0.3 is 0 Å². The minimum absolute atomic E-state index is 0.181. The maximum Gasteiger partial charge on any atom is 0.129 e. The first kappa shape index (κ1) is 14.1. The highest BCUT2D eigenvalue weighted by molar-refractivity contribution is 6.31. The van der Waals surface area contributed by atoms with E-state index in [-0.39, 0.29) is 18.1 Å². The molecule has 0 radical (unpaired) electrons. The van der Waals surface area contributed by atoms with Crippen LogP contribution < -0.4 is 11.5 Å². The van der Waals surface area contributed by atoms with Crippen molar-refractivity contribution in [3.8, 4) is 6.07 Å². The van der Waals surface area contributed by atoms with Crippen LogP contribution in [-0.2, 0) is 0 Å². The molecule has 1 heterocycles. The Hall–Kier alpha value is -2.29. The average molecular weight is 289 g/mol. The third-order valence-corrected chi connectivity index (χ3v) is 3.47. The molecular formula is C14H13ClN4O. The fourth-order valence-electron chi connectivity index (χ4n) is 2.20. The normalized spacial score (nSPS) is 20.8. The summed E-state index contributed by atoms with van der Waals surface area (Å²) >= 11 is 6.20. The third-order valence-electron chi connectivity index (χ3n) is 3.13. The van der Waals surface area contributed by atoms with Gasteiger partial charge in [0.1, 0.15) is 5.84 Å². The van der Waals surface area contributed by atoms with Crippen LogP contribution in [0.5, 0.6) is 0 Å². The van der Waals surface area contributed by atoms with Gasteiger partial charge in [0.05, 0.1) is 29.9 Å². The number of aliphatic hydroxyl groups is 1. The number of aliphatic hydroxyl groups excluding tert-OH is 1. The van der Waals surface area contributed by atoms with Crippen LogP contribution in [0.2, 0.25) is 5.02 Å². The SMILES string of the molecule is N#CC1=C(CO)N=C(N)/C(=C\N)C1c1ccccc1Cl. The number of hydrogen-bond donors (Lipinski definition) is 3. The summed E-state index contributed by atoms with van der Waals surface area (Å²) in [4.78, 5) is 4.02. The van der Waals surface area contributed by atoms with Crippen LogP contribution in [0, 0.1) is 11.3 Å². The smallest absolute Gasteiger partial charge is 0.129 e. The van der Waals surface area contributed by atoms with Gasteiger partial charge in [0.25, 0.3) is 0 Å². The van der Waals surface area contributed by atoms with Crippen LogP contribution in [0.25, 0.3) is 0 Å². The summed E-state index contributed by atoms with van der Waals surface area (Å²) in [5.74, 6) is -0.334. The molecular weight excluding hydrogens is 276 g/mol. The number of nitriles is 1. The molecule has 1 atom stereocenters. The largest absolute Gasteiger partial charge is 0.404 e. The van der Waals surface area contributed by atoms with Crippen LogP contribution in [-0.4, -0.2) is 17.5 Å². The van der Waals surface area contributed by atoms with E-state index >= 15 is 0 Å². The van der Waals surface area contributed by atoms with E-state index in [1.807, 2.05) is 6.07 Å². The molecule has 0 aromatic heterocycles. The van der Waals surface area contributed by atoms with E-state index in [0.29, 0.717) is 21.7 Å². The quantitative estimate of drug-likeness (QED) is 0.764. The van der Waals surface area contributed by atoms with Crippen molar-refractivity contribution in [2.75, 3.05) is 6.61 Å². The first-order chi connectivity index (χ1) is 9.63. The molecule has 6 heteroatoms. The summed E-state index contributed by atoms with van der Waals surface area (Å²) in [5.41, 5.74) is 13.2. The van der Waals surface area contributed by atoms with Crippen molar-refractivity contribution < 1.29 is 5.11 Å². The van der Waals surface area contributed by atoms with Gasteiger partial charge in [-0.25, -0.2) is 4.99 Å². The van der Waals surface area contributed by atoms with E-state index in [4.69, 9.17) is 23.1 Å². The van der Waals surface area contributed by atoms with Gasteiger partial charge in [-0.1, -0.05) is 29.8 Å². The Balaban J connectivity index is 2.71. The fraction of sp³-hybridized carbons (Fsp3) is 0.143. The minimum Gasteiger partial charge on any atom is -0.404 e. The zero-order chi connectivity index (χ0) is 14.7. The Morgan fingerprint density at radius 1 is 1.45 bits per heavy atom. The third kappa shape index (κ3) is 2.27. The Kier molecular flexibility index (Phi) is 4.08. The molecule has 0 amide bonds. The van der Waals surface area contributed by atoms with Gasteiger partial charge in [0, 0.05) is 16.8 Å². The molecule has 0 saturated carbocycles. The molecule has 0 spiro atoms. The minimum atomic E-state index is -0.515. The van der Waals surface area contributed by atoms with Crippen LogP contribution in [0.1, 0.15) is 11.5 Å². The first-order valence-corrected chi connectivity index (χ1v) is 6.26. The van der Waals surface area contributed by atoms with Crippen molar-refractivity contribution in [3.63, 3.8) is 0 Å². The zero-order valence-corrected chi connectivity index (χ0v) is 11.3. The lowest BCUT2D eigenvalue weighted by molar-refractivity contribution is 0.328. The van der Waals surface area contributed by atoms with Gasteiger partial charge in [-0.3, -0.25) is 0 Å². The highest BCUT2D eigenvalue weighted by Gasteiger charge is 2.31. The molecule has 5 N–H and O–H groups in total. The number of halogens is 1. The molecule has 5 nitrogen and oxygen atoms in total. The summed E-state index contributed by atoms with van der Waals surface area (Å²) < 4.78 is 0. The molecule has 0 saturated heterocycles. The summed E-state index contributed by atoms with van der Waals surface area (Å²) in [6, 6.07) is 9.19. The second-order valence-corrected chi connectivity index (χ2v) is 4.61. The number of rotatable bonds is 2. The van der Waals surface area contributed by atoms with Crippen molar-refractivity contribution in [1.29, 1.82) is 5.26 Å². The lowest BCUT2D eigenvalue weighted by Crippen LogP contribution is -2.27. The molecule has 0 fully saturated rings. The molecule has 0 bridgehead atoms. The maximum absolute atomic E-state index is 9.37. The van der Waals surface area contributed by atoms with E-state index in [9.17, 15) is 10.4 Å². The first-order valence-electron chi connectivity index (χ1n) is 5.88. The van der Waals surface area contributed by atoms with Crippen LogP contribution in [0.15, 0.2) is 52.3 Å². The van der Waals surface area contributed by atoms with Gasteiger partial charge in [-0.05, 0) is 11.6 Å². The van der Waals surface area contributed by atoms with Crippen LogP contribution >= 0.6 is 11.6 Å². The number of allylic oxidation sites excluding steroid dienone is 1. The molecule has 1 aromatic rings. The maximum atomic E-state index is 9.37. The average Bonchev–Trinajstić information content (AvgIpc) is 2.46. The predicted molar refractivity (Wildman–Crippen MR) is 77.8 cm³/mol. The van der Waals surface area contributed by atoms with Crippen molar-refractivity contribution in [1.82, 2.24) is 0 Å². The topological polar surface area (TPSA) is 108 Å². The number of aliphatic imine (C=N–C) groups is 1. The second kappa shape index (κ2) is 5.78. The van der Waals surface area contributed by atoms with Gasteiger partial charge in [-0.15, -0.1) is 0 Å². The van der Waals surface area contributed by atoms with Gasteiger partial charge in [-0.2, -0.15) is 5.26 Å². The van der Waals surface area contributed by atoms with Crippen LogP contribution in [0.4, 0.5) is 0 Å². The Morgan fingerprint density at radius 2 is 2.15 bits per heavy atom. The Bertz CT molecular complexity index is 670. The standard InChI is InChI=1S/C14H13ClN4O/c15-11-4-2-1-3-8(11)13-9(5-16)12(7-20)19-14(18)10(13)6-17/h1-4,6,13,20H,7,17H2,(H2,18,19)/b10-6-. The van der Waals surface area contributed by atoms with Gasteiger partial charge < -0.3 is 16.6 Å². The molecule has 20 heavy (non-hydrogen) atoms. The van der Waals surface area contributed by atoms with Crippen molar-refractivity contribution in [2.24, 2.45) is 16.5 Å². The molecule has 2 rings (SSSR count). The van der Waals surface area contributed by atoms with Gasteiger partial charge in [0.15, 0.2) is 0 Å². The Morgan fingerprint density at radius 3 is 2.70 bits per heavy atom. The second-order valence-electron chi connectivity index (χ2n) is 4.20. The predicted octanol–water partition coefficient (Wildman–Crippen LogP) is 1.41.